The summed E-state index contributed by atoms with van der Waals surface area (Å²) in [6.45, 7) is 0. The average molecular weight is 320 g/mol. The molecule has 1 aromatic heterocycles. The van der Waals surface area contributed by atoms with E-state index in [0.717, 1.165) is 17.9 Å². The van der Waals surface area contributed by atoms with Crippen LogP contribution in [0.25, 0.3) is 6.08 Å². The molecule has 0 atom stereocenters. The van der Waals surface area contributed by atoms with Crippen LogP contribution in [0.2, 0.25) is 0 Å². The third kappa shape index (κ3) is 4.01. The molecule has 0 aliphatic heterocycles. The summed E-state index contributed by atoms with van der Waals surface area (Å²) >= 11 is 0. The highest BCUT2D eigenvalue weighted by atomic mass is 16.5. The van der Waals surface area contributed by atoms with Crippen molar-refractivity contribution < 1.29 is 4.74 Å². The molecule has 2 aromatic carbocycles. The standard InChI is InChI=1S/C19H20N4O/c1-23-19(20-16-11-7-12-17(14-16)24-2)21-18(22-23)13-6-10-15-8-4-3-5-9-15/h3-9,11-14H,10H2,1-2H3,(H,20,21,22)/b13-6+. The van der Waals surface area contributed by atoms with Crippen LogP contribution in [-0.2, 0) is 13.5 Å². The van der Waals surface area contributed by atoms with Crippen molar-refractivity contribution in [3.63, 3.8) is 0 Å². The highest BCUT2D eigenvalue weighted by Gasteiger charge is 2.05. The molecule has 0 spiro atoms. The Labute approximate surface area is 141 Å². The smallest absolute Gasteiger partial charge is 0.225 e. The minimum atomic E-state index is 0.679. The third-order valence-electron chi connectivity index (χ3n) is 3.57. The van der Waals surface area contributed by atoms with E-state index in [0.29, 0.717) is 11.8 Å². The third-order valence-corrected chi connectivity index (χ3v) is 3.57. The van der Waals surface area contributed by atoms with Gasteiger partial charge in [-0.25, -0.2) is 4.68 Å². The van der Waals surface area contributed by atoms with Crippen molar-refractivity contribution in [3.8, 4) is 5.75 Å². The van der Waals surface area contributed by atoms with Gasteiger partial charge in [-0.15, -0.1) is 0 Å². The SMILES string of the molecule is COc1cccc(Nc2nc(/C=C/Cc3ccccc3)nn2C)c1. The fraction of sp³-hybridized carbons (Fsp3) is 0.158. The van der Waals surface area contributed by atoms with Crippen molar-refractivity contribution in [1.29, 1.82) is 0 Å². The summed E-state index contributed by atoms with van der Waals surface area (Å²) in [6, 6.07) is 18.0. The van der Waals surface area contributed by atoms with E-state index in [-0.39, 0.29) is 0 Å². The lowest BCUT2D eigenvalue weighted by atomic mass is 10.1. The molecule has 0 amide bonds. The van der Waals surface area contributed by atoms with Crippen LogP contribution in [0.1, 0.15) is 11.4 Å². The number of aromatic nitrogens is 3. The van der Waals surface area contributed by atoms with E-state index < -0.39 is 0 Å². The number of anilines is 2. The van der Waals surface area contributed by atoms with Gasteiger partial charge in [0.25, 0.3) is 0 Å². The number of nitrogens with one attached hydrogen (secondary N) is 1. The molecule has 0 radical (unpaired) electrons. The summed E-state index contributed by atoms with van der Waals surface area (Å²) in [5, 5.41) is 7.66. The number of rotatable bonds is 6. The quantitative estimate of drug-likeness (QED) is 0.750. The predicted molar refractivity (Wildman–Crippen MR) is 96.5 cm³/mol. The first-order chi connectivity index (χ1) is 11.7. The second kappa shape index (κ2) is 7.46. The molecule has 0 fully saturated rings. The zero-order valence-corrected chi connectivity index (χ0v) is 13.8. The van der Waals surface area contributed by atoms with Crippen molar-refractivity contribution >= 4 is 17.7 Å². The highest BCUT2D eigenvalue weighted by molar-refractivity contribution is 5.57. The molecule has 5 heteroatoms. The van der Waals surface area contributed by atoms with Gasteiger partial charge in [0, 0.05) is 18.8 Å². The summed E-state index contributed by atoms with van der Waals surface area (Å²) in [7, 11) is 3.51. The van der Waals surface area contributed by atoms with E-state index in [4.69, 9.17) is 4.74 Å². The lowest BCUT2D eigenvalue weighted by molar-refractivity contribution is 0.415. The summed E-state index contributed by atoms with van der Waals surface area (Å²) in [5.41, 5.74) is 2.17. The van der Waals surface area contributed by atoms with E-state index in [1.165, 1.54) is 5.56 Å². The van der Waals surface area contributed by atoms with Gasteiger partial charge in [0.05, 0.1) is 7.11 Å². The van der Waals surface area contributed by atoms with E-state index >= 15 is 0 Å². The van der Waals surface area contributed by atoms with Crippen LogP contribution in [0, 0.1) is 0 Å². The molecule has 5 nitrogen and oxygen atoms in total. The maximum Gasteiger partial charge on any atom is 0.225 e. The fourth-order valence-electron chi connectivity index (χ4n) is 2.33. The Morgan fingerprint density at radius 3 is 2.75 bits per heavy atom. The van der Waals surface area contributed by atoms with Gasteiger partial charge >= 0.3 is 0 Å². The predicted octanol–water partition coefficient (Wildman–Crippen LogP) is 3.82. The van der Waals surface area contributed by atoms with Crippen molar-refractivity contribution in [1.82, 2.24) is 14.8 Å². The Morgan fingerprint density at radius 1 is 1.12 bits per heavy atom. The highest BCUT2D eigenvalue weighted by Crippen LogP contribution is 2.20. The second-order valence-corrected chi connectivity index (χ2v) is 5.37. The topological polar surface area (TPSA) is 52.0 Å². The largest absolute Gasteiger partial charge is 0.497 e. The van der Waals surface area contributed by atoms with Gasteiger partial charge in [0.2, 0.25) is 5.95 Å². The lowest BCUT2D eigenvalue weighted by Crippen LogP contribution is -2.00. The number of allylic oxidation sites excluding steroid dienone is 1. The second-order valence-electron chi connectivity index (χ2n) is 5.37. The number of nitrogens with zero attached hydrogens (tertiary/aromatic N) is 3. The monoisotopic (exact) mass is 320 g/mol. The maximum absolute atomic E-state index is 5.23. The maximum atomic E-state index is 5.23. The Hall–Kier alpha value is -3.08. The number of methoxy groups -OCH3 is 1. The molecule has 3 rings (SSSR count). The first-order valence-corrected chi connectivity index (χ1v) is 7.77. The Bertz CT molecular complexity index is 824. The van der Waals surface area contributed by atoms with Gasteiger partial charge in [0.1, 0.15) is 5.75 Å². The minimum Gasteiger partial charge on any atom is -0.497 e. The van der Waals surface area contributed by atoms with Crippen LogP contribution < -0.4 is 10.1 Å². The van der Waals surface area contributed by atoms with Gasteiger partial charge in [-0.1, -0.05) is 42.5 Å². The Morgan fingerprint density at radius 2 is 1.96 bits per heavy atom. The Kier molecular flexibility index (Phi) is 4.91. The number of aryl methyl sites for hydroxylation is 1. The Balaban J connectivity index is 1.68. The molecule has 0 saturated heterocycles. The van der Waals surface area contributed by atoms with Crippen LogP contribution in [0.15, 0.2) is 60.7 Å². The molecule has 24 heavy (non-hydrogen) atoms. The van der Waals surface area contributed by atoms with Gasteiger partial charge in [0.15, 0.2) is 5.82 Å². The molecule has 0 bridgehead atoms. The zero-order chi connectivity index (χ0) is 16.8. The van der Waals surface area contributed by atoms with Gasteiger partial charge in [-0.2, -0.15) is 10.1 Å². The number of ether oxygens (including phenoxy) is 1. The molecule has 3 aromatic rings. The minimum absolute atomic E-state index is 0.679. The van der Waals surface area contributed by atoms with Gasteiger partial charge in [-0.3, -0.25) is 0 Å². The van der Waals surface area contributed by atoms with Crippen LogP contribution >= 0.6 is 0 Å². The van der Waals surface area contributed by atoms with E-state index in [1.54, 1.807) is 11.8 Å². The molecular formula is C19H20N4O. The number of hydrogen-bond donors (Lipinski definition) is 1. The van der Waals surface area contributed by atoms with Gasteiger partial charge in [-0.05, 0) is 30.2 Å². The van der Waals surface area contributed by atoms with Crippen molar-refractivity contribution in [2.75, 3.05) is 12.4 Å². The van der Waals surface area contributed by atoms with E-state index in [9.17, 15) is 0 Å². The molecule has 0 unspecified atom stereocenters. The van der Waals surface area contributed by atoms with Crippen LogP contribution in [0.4, 0.5) is 11.6 Å². The number of hydrogen-bond acceptors (Lipinski definition) is 4. The van der Waals surface area contributed by atoms with Crippen LogP contribution in [0.5, 0.6) is 5.75 Å². The van der Waals surface area contributed by atoms with Crippen molar-refractivity contribution in [2.24, 2.45) is 7.05 Å². The summed E-state index contributed by atoms with van der Waals surface area (Å²) < 4.78 is 6.95. The molecule has 0 aliphatic carbocycles. The summed E-state index contributed by atoms with van der Waals surface area (Å²) in [6.07, 6.45) is 4.86. The first-order valence-electron chi connectivity index (χ1n) is 7.77. The number of benzene rings is 2. The molecule has 122 valence electrons. The van der Waals surface area contributed by atoms with E-state index in [2.05, 4.69) is 33.6 Å². The van der Waals surface area contributed by atoms with Gasteiger partial charge < -0.3 is 10.1 Å². The average Bonchev–Trinajstić information content (AvgIpc) is 2.95. The van der Waals surface area contributed by atoms with Crippen LogP contribution in [0.3, 0.4) is 0 Å². The molecule has 1 N–H and O–H groups in total. The van der Waals surface area contributed by atoms with E-state index in [1.807, 2.05) is 55.6 Å². The molecular weight excluding hydrogens is 300 g/mol. The first kappa shape index (κ1) is 15.8. The molecule has 0 saturated carbocycles. The lowest BCUT2D eigenvalue weighted by Gasteiger charge is -2.06. The van der Waals surface area contributed by atoms with Crippen molar-refractivity contribution in [2.45, 2.75) is 6.42 Å². The summed E-state index contributed by atoms with van der Waals surface area (Å²) in [5.74, 6) is 2.16. The molecule has 0 aliphatic rings. The normalized spacial score (nSPS) is 10.9. The fourth-order valence-corrected chi connectivity index (χ4v) is 2.33. The van der Waals surface area contributed by atoms with Crippen molar-refractivity contribution in [3.05, 3.63) is 72.1 Å². The summed E-state index contributed by atoms with van der Waals surface area (Å²) in [4.78, 5) is 4.50. The zero-order valence-electron chi connectivity index (χ0n) is 13.8. The van der Waals surface area contributed by atoms with Crippen LogP contribution in [-0.4, -0.2) is 21.9 Å². The molecule has 1 heterocycles.